The van der Waals surface area contributed by atoms with Gasteiger partial charge in [0.15, 0.2) is 0 Å². The average Bonchev–Trinajstić information content (AvgIpc) is 2.73. The molecule has 1 heterocycles. The van der Waals surface area contributed by atoms with Crippen molar-refractivity contribution in [3.63, 3.8) is 0 Å². The number of benzene rings is 2. The number of hydrogen-bond donors (Lipinski definition) is 1. The van der Waals surface area contributed by atoms with Crippen LogP contribution in [-0.2, 0) is 14.8 Å². The van der Waals surface area contributed by atoms with Crippen molar-refractivity contribution in [3.8, 4) is 5.75 Å². The molecule has 2 aromatic rings. The van der Waals surface area contributed by atoms with Crippen molar-refractivity contribution in [3.05, 3.63) is 54.6 Å². The summed E-state index contributed by atoms with van der Waals surface area (Å²) in [4.78, 5) is 12.5. The van der Waals surface area contributed by atoms with Crippen LogP contribution in [0.2, 0.25) is 0 Å². The van der Waals surface area contributed by atoms with Crippen LogP contribution < -0.4 is 10.1 Å². The summed E-state index contributed by atoms with van der Waals surface area (Å²) in [5.74, 6) is 1.02. The monoisotopic (exact) mass is 402 g/mol. The molecule has 2 aromatic carbocycles. The van der Waals surface area contributed by atoms with Crippen LogP contribution in [0.15, 0.2) is 59.5 Å². The fraction of sp³-hybridized carbons (Fsp3) is 0.381. The fourth-order valence-electron chi connectivity index (χ4n) is 3.44. The van der Waals surface area contributed by atoms with Crippen LogP contribution in [0.5, 0.6) is 5.75 Å². The number of sulfonamides is 1. The highest BCUT2D eigenvalue weighted by molar-refractivity contribution is 7.89. The third-order valence-electron chi connectivity index (χ3n) is 5.09. The summed E-state index contributed by atoms with van der Waals surface area (Å²) in [6.45, 7) is 0.999. The molecule has 1 aliphatic rings. The highest BCUT2D eigenvalue weighted by Gasteiger charge is 2.29. The Morgan fingerprint density at radius 1 is 1.11 bits per heavy atom. The number of carbonyl (C=O) groups excluding carboxylic acids is 1. The largest absolute Gasteiger partial charge is 0.497 e. The maximum atomic E-state index is 12.7. The predicted molar refractivity (Wildman–Crippen MR) is 109 cm³/mol. The molecule has 0 bridgehead atoms. The Morgan fingerprint density at radius 2 is 1.82 bits per heavy atom. The van der Waals surface area contributed by atoms with Crippen molar-refractivity contribution in [2.24, 2.45) is 5.92 Å². The standard InChI is InChI=1S/C21H26N2O4S/c1-27-19-7-5-6-18(16-19)22-21(24)11-10-17-12-14-23(15-13-17)28(25,26)20-8-3-2-4-9-20/h2-9,16-17H,10-15H2,1H3,(H,22,24). The molecule has 0 radical (unpaired) electrons. The summed E-state index contributed by atoms with van der Waals surface area (Å²) in [6, 6.07) is 15.8. The Balaban J connectivity index is 1.46. The normalized spacial score (nSPS) is 15.9. The molecule has 0 aromatic heterocycles. The second-order valence-corrected chi connectivity index (χ2v) is 8.92. The Morgan fingerprint density at radius 3 is 2.50 bits per heavy atom. The number of ether oxygens (including phenoxy) is 1. The molecule has 1 fully saturated rings. The molecule has 150 valence electrons. The van der Waals surface area contributed by atoms with E-state index in [9.17, 15) is 13.2 Å². The van der Waals surface area contributed by atoms with Gasteiger partial charge in [-0.2, -0.15) is 4.31 Å². The summed E-state index contributed by atoms with van der Waals surface area (Å²) < 4.78 is 32.0. The molecule has 1 saturated heterocycles. The molecule has 0 spiro atoms. The Bertz CT molecular complexity index is 892. The van der Waals surface area contributed by atoms with E-state index < -0.39 is 10.0 Å². The first-order chi connectivity index (χ1) is 13.5. The van der Waals surface area contributed by atoms with E-state index in [1.165, 1.54) is 0 Å². The highest BCUT2D eigenvalue weighted by Crippen LogP contribution is 2.26. The van der Waals surface area contributed by atoms with E-state index in [0.717, 1.165) is 19.3 Å². The first-order valence-corrected chi connectivity index (χ1v) is 10.9. The maximum Gasteiger partial charge on any atom is 0.243 e. The Labute approximate surface area is 166 Å². The maximum absolute atomic E-state index is 12.7. The van der Waals surface area contributed by atoms with E-state index in [1.807, 2.05) is 24.3 Å². The molecule has 7 heteroatoms. The summed E-state index contributed by atoms with van der Waals surface area (Å²) in [5.41, 5.74) is 0.716. The number of rotatable bonds is 7. The Hall–Kier alpha value is -2.38. The summed E-state index contributed by atoms with van der Waals surface area (Å²) in [7, 11) is -1.83. The van der Waals surface area contributed by atoms with Crippen LogP contribution in [0.4, 0.5) is 5.69 Å². The third kappa shape index (κ3) is 5.11. The minimum atomic E-state index is -3.42. The lowest BCUT2D eigenvalue weighted by Crippen LogP contribution is -2.38. The molecule has 0 unspecified atom stereocenters. The van der Waals surface area contributed by atoms with Crippen LogP contribution in [0.25, 0.3) is 0 Å². The zero-order valence-electron chi connectivity index (χ0n) is 16.0. The van der Waals surface area contributed by atoms with Gasteiger partial charge < -0.3 is 10.1 Å². The molecule has 0 atom stereocenters. The number of nitrogens with one attached hydrogen (secondary N) is 1. The number of amides is 1. The van der Waals surface area contributed by atoms with Crippen molar-refractivity contribution in [2.75, 3.05) is 25.5 Å². The van der Waals surface area contributed by atoms with Crippen LogP contribution >= 0.6 is 0 Å². The minimum absolute atomic E-state index is 0.0346. The van der Waals surface area contributed by atoms with Crippen LogP contribution in [0, 0.1) is 5.92 Å². The van der Waals surface area contributed by atoms with E-state index in [4.69, 9.17) is 4.74 Å². The van der Waals surface area contributed by atoms with E-state index >= 15 is 0 Å². The quantitative estimate of drug-likeness (QED) is 0.769. The summed E-state index contributed by atoms with van der Waals surface area (Å²) >= 11 is 0. The topological polar surface area (TPSA) is 75.7 Å². The number of hydrogen-bond acceptors (Lipinski definition) is 4. The van der Waals surface area contributed by atoms with Crippen molar-refractivity contribution in [1.29, 1.82) is 0 Å². The molecule has 28 heavy (non-hydrogen) atoms. The van der Waals surface area contributed by atoms with Gasteiger partial charge in [0.25, 0.3) is 0 Å². The Kier molecular flexibility index (Phi) is 6.70. The van der Waals surface area contributed by atoms with E-state index in [-0.39, 0.29) is 5.91 Å². The average molecular weight is 403 g/mol. The molecule has 3 rings (SSSR count). The predicted octanol–water partition coefficient (Wildman–Crippen LogP) is 3.51. The molecule has 1 aliphatic heterocycles. The fourth-order valence-corrected chi connectivity index (χ4v) is 4.93. The third-order valence-corrected chi connectivity index (χ3v) is 7.00. The van der Waals surface area contributed by atoms with Crippen molar-refractivity contribution < 1.29 is 17.9 Å². The summed E-state index contributed by atoms with van der Waals surface area (Å²) in [5, 5.41) is 2.89. The second-order valence-electron chi connectivity index (χ2n) is 6.98. The lowest BCUT2D eigenvalue weighted by molar-refractivity contribution is -0.116. The van der Waals surface area contributed by atoms with E-state index in [1.54, 1.807) is 41.7 Å². The molecule has 6 nitrogen and oxygen atoms in total. The minimum Gasteiger partial charge on any atom is -0.497 e. The number of carbonyl (C=O) groups is 1. The second kappa shape index (κ2) is 9.21. The van der Waals surface area contributed by atoms with Gasteiger partial charge >= 0.3 is 0 Å². The van der Waals surface area contributed by atoms with Crippen LogP contribution in [0.1, 0.15) is 25.7 Å². The SMILES string of the molecule is COc1cccc(NC(=O)CCC2CCN(S(=O)(=O)c3ccccc3)CC2)c1. The van der Waals surface area contributed by atoms with Gasteiger partial charge in [-0.15, -0.1) is 0 Å². The van der Waals surface area contributed by atoms with Gasteiger partial charge in [-0.3, -0.25) is 4.79 Å². The molecule has 0 aliphatic carbocycles. The number of methoxy groups -OCH3 is 1. The van der Waals surface area contributed by atoms with Gasteiger partial charge in [0.2, 0.25) is 15.9 Å². The van der Waals surface area contributed by atoms with E-state index in [2.05, 4.69) is 5.32 Å². The van der Waals surface area contributed by atoms with Gasteiger partial charge in [-0.1, -0.05) is 24.3 Å². The number of anilines is 1. The molecular weight excluding hydrogens is 376 g/mol. The molecule has 0 saturated carbocycles. The zero-order valence-corrected chi connectivity index (χ0v) is 16.8. The molecular formula is C21H26N2O4S. The smallest absolute Gasteiger partial charge is 0.243 e. The highest BCUT2D eigenvalue weighted by atomic mass is 32.2. The number of nitrogens with zero attached hydrogens (tertiary/aromatic N) is 1. The van der Waals surface area contributed by atoms with Crippen molar-refractivity contribution >= 4 is 21.6 Å². The number of piperidine rings is 1. The van der Waals surface area contributed by atoms with Crippen LogP contribution in [0.3, 0.4) is 0 Å². The lowest BCUT2D eigenvalue weighted by atomic mass is 9.93. The van der Waals surface area contributed by atoms with Gasteiger partial charge in [0, 0.05) is 31.3 Å². The molecule has 1 N–H and O–H groups in total. The van der Waals surface area contributed by atoms with Gasteiger partial charge in [-0.25, -0.2) is 8.42 Å². The van der Waals surface area contributed by atoms with Gasteiger partial charge in [-0.05, 0) is 49.4 Å². The summed E-state index contributed by atoms with van der Waals surface area (Å²) in [6.07, 6.45) is 2.74. The van der Waals surface area contributed by atoms with Crippen molar-refractivity contribution in [2.45, 2.75) is 30.6 Å². The van der Waals surface area contributed by atoms with Gasteiger partial charge in [0.1, 0.15) is 5.75 Å². The zero-order chi connectivity index (χ0) is 20.0. The first-order valence-electron chi connectivity index (χ1n) is 9.48. The van der Waals surface area contributed by atoms with Gasteiger partial charge in [0.05, 0.1) is 12.0 Å². The first kappa shape index (κ1) is 20.4. The van der Waals surface area contributed by atoms with Crippen molar-refractivity contribution in [1.82, 2.24) is 4.31 Å². The molecule has 1 amide bonds. The van der Waals surface area contributed by atoms with E-state index in [0.29, 0.717) is 41.8 Å². The lowest BCUT2D eigenvalue weighted by Gasteiger charge is -2.31. The van der Waals surface area contributed by atoms with Crippen LogP contribution in [-0.4, -0.2) is 38.8 Å².